The minimum Gasteiger partial charge on any atom is -0.342 e. The molecule has 3 aliphatic heterocycles. The third-order valence-electron chi connectivity index (χ3n) is 6.44. The average Bonchev–Trinajstić information content (AvgIpc) is 2.62. The number of nitrogens with zero attached hydrogens (tertiary/aromatic N) is 3. The second-order valence-electron chi connectivity index (χ2n) is 8.37. The van der Waals surface area contributed by atoms with Gasteiger partial charge in [-0.1, -0.05) is 0 Å². The Morgan fingerprint density at radius 2 is 1.40 bits per heavy atom. The highest BCUT2D eigenvalue weighted by atomic mass is 16.2. The zero-order valence-electron chi connectivity index (χ0n) is 16.1. The molecular weight excluding hydrogens is 314 g/mol. The molecule has 0 saturated carbocycles. The molecule has 0 aromatic carbocycles. The summed E-state index contributed by atoms with van der Waals surface area (Å²) in [5, 5.41) is 0. The normalized spacial score (nSPS) is 29.7. The minimum atomic E-state index is 0.178. The van der Waals surface area contributed by atoms with Crippen LogP contribution in [0.3, 0.4) is 0 Å². The van der Waals surface area contributed by atoms with Gasteiger partial charge < -0.3 is 9.80 Å². The van der Waals surface area contributed by atoms with Crippen molar-refractivity contribution in [3.8, 4) is 0 Å². The van der Waals surface area contributed by atoms with Crippen molar-refractivity contribution >= 4 is 11.8 Å². The van der Waals surface area contributed by atoms with Crippen LogP contribution in [-0.4, -0.2) is 71.3 Å². The first-order valence-electron chi connectivity index (χ1n) is 10.4. The molecule has 3 fully saturated rings. The van der Waals surface area contributed by atoms with Crippen molar-refractivity contribution in [2.45, 2.75) is 77.3 Å². The molecule has 3 heterocycles. The number of rotatable bonds is 3. The van der Waals surface area contributed by atoms with E-state index < -0.39 is 0 Å². The van der Waals surface area contributed by atoms with Crippen LogP contribution in [-0.2, 0) is 9.59 Å². The zero-order chi connectivity index (χ0) is 17.8. The van der Waals surface area contributed by atoms with E-state index in [0.29, 0.717) is 24.5 Å². The lowest BCUT2D eigenvalue weighted by Gasteiger charge is -2.41. The highest BCUT2D eigenvalue weighted by Gasteiger charge is 2.33. The highest BCUT2D eigenvalue weighted by molar-refractivity contribution is 5.80. The van der Waals surface area contributed by atoms with Crippen molar-refractivity contribution < 1.29 is 9.59 Å². The molecule has 0 aliphatic carbocycles. The summed E-state index contributed by atoms with van der Waals surface area (Å²) in [5.74, 6) is 0.821. The topological polar surface area (TPSA) is 43.9 Å². The Morgan fingerprint density at radius 3 is 2.00 bits per heavy atom. The summed E-state index contributed by atoms with van der Waals surface area (Å²) >= 11 is 0. The van der Waals surface area contributed by atoms with Crippen molar-refractivity contribution in [3.63, 3.8) is 0 Å². The van der Waals surface area contributed by atoms with Crippen LogP contribution in [0.25, 0.3) is 0 Å². The fourth-order valence-corrected chi connectivity index (χ4v) is 4.90. The van der Waals surface area contributed by atoms with Crippen LogP contribution in [0, 0.1) is 5.92 Å². The summed E-state index contributed by atoms with van der Waals surface area (Å²) in [7, 11) is 0. The number of carbonyl (C=O) groups excluding carboxylic acids is 2. The van der Waals surface area contributed by atoms with Gasteiger partial charge in [-0.05, 0) is 78.3 Å². The third kappa shape index (κ3) is 4.55. The van der Waals surface area contributed by atoms with Crippen LogP contribution in [0.2, 0.25) is 0 Å². The van der Waals surface area contributed by atoms with Crippen molar-refractivity contribution in [1.29, 1.82) is 0 Å². The summed E-state index contributed by atoms with van der Waals surface area (Å²) in [5.41, 5.74) is 0. The summed E-state index contributed by atoms with van der Waals surface area (Å²) in [6.07, 6.45) is 8.89. The Hall–Kier alpha value is -1.10. The summed E-state index contributed by atoms with van der Waals surface area (Å²) < 4.78 is 0. The fraction of sp³-hybridized carbons (Fsp3) is 0.900. The molecule has 5 nitrogen and oxygen atoms in total. The van der Waals surface area contributed by atoms with E-state index in [1.165, 1.54) is 12.8 Å². The van der Waals surface area contributed by atoms with Gasteiger partial charge in [0.2, 0.25) is 11.8 Å². The van der Waals surface area contributed by atoms with Crippen LogP contribution >= 0.6 is 0 Å². The van der Waals surface area contributed by atoms with E-state index in [1.54, 1.807) is 0 Å². The van der Waals surface area contributed by atoms with Crippen LogP contribution < -0.4 is 0 Å². The molecule has 0 N–H and O–H groups in total. The first-order valence-corrected chi connectivity index (χ1v) is 10.4. The van der Waals surface area contributed by atoms with Gasteiger partial charge in [-0.15, -0.1) is 0 Å². The van der Waals surface area contributed by atoms with Gasteiger partial charge in [0.1, 0.15) is 0 Å². The summed E-state index contributed by atoms with van der Waals surface area (Å²) in [6.45, 7) is 8.54. The lowest BCUT2D eigenvalue weighted by atomic mass is 9.94. The Kier molecular flexibility index (Phi) is 6.37. The van der Waals surface area contributed by atoms with Gasteiger partial charge in [-0.2, -0.15) is 0 Å². The molecule has 2 atom stereocenters. The van der Waals surface area contributed by atoms with E-state index in [9.17, 15) is 9.59 Å². The minimum absolute atomic E-state index is 0.178. The first-order chi connectivity index (χ1) is 12.1. The quantitative estimate of drug-likeness (QED) is 0.786. The third-order valence-corrected chi connectivity index (χ3v) is 6.44. The van der Waals surface area contributed by atoms with Crippen molar-refractivity contribution in [3.05, 3.63) is 0 Å². The number of hydrogen-bond acceptors (Lipinski definition) is 3. The zero-order valence-corrected chi connectivity index (χ0v) is 16.1. The molecular formula is C20H35N3O2. The highest BCUT2D eigenvalue weighted by Crippen LogP contribution is 2.25. The predicted octanol–water partition coefficient (Wildman–Crippen LogP) is 2.50. The smallest absolute Gasteiger partial charge is 0.237 e. The number of likely N-dealkylation sites (tertiary alicyclic amines) is 3. The van der Waals surface area contributed by atoms with E-state index in [4.69, 9.17) is 0 Å². The molecule has 2 amide bonds. The molecule has 0 aromatic heterocycles. The van der Waals surface area contributed by atoms with Crippen LogP contribution in [0.4, 0.5) is 0 Å². The van der Waals surface area contributed by atoms with Gasteiger partial charge in [-0.3, -0.25) is 14.5 Å². The Bertz CT molecular complexity index is 458. The maximum absolute atomic E-state index is 12.8. The number of carbonyl (C=O) groups is 2. The molecule has 3 saturated heterocycles. The monoisotopic (exact) mass is 349 g/mol. The summed E-state index contributed by atoms with van der Waals surface area (Å²) in [4.78, 5) is 31.8. The Balaban J connectivity index is 1.45. The second kappa shape index (κ2) is 8.52. The van der Waals surface area contributed by atoms with Gasteiger partial charge in [0.05, 0.1) is 6.54 Å². The lowest BCUT2D eigenvalue weighted by Crippen LogP contribution is -2.52. The van der Waals surface area contributed by atoms with E-state index in [0.717, 1.165) is 64.7 Å². The molecule has 3 rings (SSSR count). The predicted molar refractivity (Wildman–Crippen MR) is 99.2 cm³/mol. The molecule has 5 heteroatoms. The number of hydrogen-bond donors (Lipinski definition) is 0. The molecule has 142 valence electrons. The maximum atomic E-state index is 12.8. The first kappa shape index (κ1) is 18.7. The van der Waals surface area contributed by atoms with Gasteiger partial charge in [0, 0.05) is 31.1 Å². The standard InChI is InChI=1S/C20H35N3O2/c1-16-7-6-8-17(2)23(16)19(24)15-21-13-9-18(10-14-21)20(25)22-11-4-3-5-12-22/h16-18H,3-15H2,1-2H3. The molecule has 25 heavy (non-hydrogen) atoms. The lowest BCUT2D eigenvalue weighted by molar-refractivity contribution is -0.140. The van der Waals surface area contributed by atoms with E-state index in [-0.39, 0.29) is 11.8 Å². The van der Waals surface area contributed by atoms with Crippen molar-refractivity contribution in [2.24, 2.45) is 5.92 Å². The van der Waals surface area contributed by atoms with Crippen LogP contribution in [0.1, 0.15) is 65.2 Å². The fourth-order valence-electron chi connectivity index (χ4n) is 4.90. The van der Waals surface area contributed by atoms with Gasteiger partial charge in [0.25, 0.3) is 0 Å². The molecule has 3 aliphatic rings. The Labute approximate surface area is 152 Å². The summed E-state index contributed by atoms with van der Waals surface area (Å²) in [6, 6.07) is 0.740. The van der Waals surface area contributed by atoms with Gasteiger partial charge in [0.15, 0.2) is 0 Å². The molecule has 0 spiro atoms. The second-order valence-corrected chi connectivity index (χ2v) is 8.37. The molecule has 0 aromatic rings. The molecule has 2 unspecified atom stereocenters. The van der Waals surface area contributed by atoms with Crippen molar-refractivity contribution in [1.82, 2.24) is 14.7 Å². The molecule has 0 bridgehead atoms. The van der Waals surface area contributed by atoms with Crippen LogP contribution in [0.15, 0.2) is 0 Å². The average molecular weight is 350 g/mol. The molecule has 0 radical (unpaired) electrons. The van der Waals surface area contributed by atoms with E-state index in [1.807, 2.05) is 0 Å². The van der Waals surface area contributed by atoms with E-state index in [2.05, 4.69) is 28.5 Å². The van der Waals surface area contributed by atoms with E-state index >= 15 is 0 Å². The van der Waals surface area contributed by atoms with Crippen molar-refractivity contribution in [2.75, 3.05) is 32.7 Å². The van der Waals surface area contributed by atoms with Gasteiger partial charge in [-0.25, -0.2) is 0 Å². The Morgan fingerprint density at radius 1 is 0.800 bits per heavy atom. The number of amides is 2. The largest absolute Gasteiger partial charge is 0.342 e. The van der Waals surface area contributed by atoms with Crippen LogP contribution in [0.5, 0.6) is 0 Å². The maximum Gasteiger partial charge on any atom is 0.237 e. The van der Waals surface area contributed by atoms with Gasteiger partial charge >= 0.3 is 0 Å². The SMILES string of the molecule is CC1CCCC(C)N1C(=O)CN1CCC(C(=O)N2CCCCC2)CC1. The number of piperidine rings is 3.